The fourth-order valence-corrected chi connectivity index (χ4v) is 4.46. The van der Waals surface area contributed by atoms with E-state index in [9.17, 15) is 18.3 Å². The normalized spacial score (nSPS) is 12.4. The number of aliphatic hydroxyl groups is 1. The summed E-state index contributed by atoms with van der Waals surface area (Å²) in [5.41, 5.74) is 4.86. The molecule has 8 heteroatoms. The fourth-order valence-electron chi connectivity index (χ4n) is 4.46. The minimum absolute atomic E-state index is 0.282. The Kier molecular flexibility index (Phi) is 9.00. The Morgan fingerprint density at radius 1 is 0.875 bits per heavy atom. The first-order chi connectivity index (χ1) is 19.0. The molecule has 0 aliphatic carbocycles. The van der Waals surface area contributed by atoms with E-state index in [-0.39, 0.29) is 5.92 Å². The van der Waals surface area contributed by atoms with Gasteiger partial charge in [0.25, 0.3) is 0 Å². The SMILES string of the molecule is C=C(CC(C)C)N(c1cc(Cc2ccc(C(F)(F)F)nc2)ccn1)C(O)c1ccc(-c2ccc(CC)cc2)cn1. The lowest BCUT2D eigenvalue weighted by Crippen LogP contribution is -2.29. The molecule has 0 spiro atoms. The number of pyridine rings is 3. The summed E-state index contributed by atoms with van der Waals surface area (Å²) in [6.45, 7) is 10.5. The molecular formula is C32H33F3N4O. The van der Waals surface area contributed by atoms with Gasteiger partial charge < -0.3 is 5.11 Å². The first-order valence-corrected chi connectivity index (χ1v) is 13.2. The predicted octanol–water partition coefficient (Wildman–Crippen LogP) is 7.77. The predicted molar refractivity (Wildman–Crippen MR) is 151 cm³/mol. The summed E-state index contributed by atoms with van der Waals surface area (Å²) in [5.74, 6) is 0.751. The van der Waals surface area contributed by atoms with E-state index in [1.807, 2.05) is 6.07 Å². The van der Waals surface area contributed by atoms with Gasteiger partial charge in [0.2, 0.25) is 0 Å². The second-order valence-corrected chi connectivity index (χ2v) is 10.2. The molecule has 0 fully saturated rings. The highest BCUT2D eigenvalue weighted by Crippen LogP contribution is 2.32. The highest BCUT2D eigenvalue weighted by Gasteiger charge is 2.32. The van der Waals surface area contributed by atoms with Gasteiger partial charge in [0.1, 0.15) is 11.5 Å². The molecule has 0 bridgehead atoms. The van der Waals surface area contributed by atoms with Crippen LogP contribution in [0.5, 0.6) is 0 Å². The van der Waals surface area contributed by atoms with Crippen molar-refractivity contribution in [1.82, 2.24) is 15.0 Å². The van der Waals surface area contributed by atoms with Crippen LogP contribution in [0.1, 0.15) is 61.5 Å². The van der Waals surface area contributed by atoms with Gasteiger partial charge in [-0.2, -0.15) is 13.2 Å². The van der Waals surface area contributed by atoms with E-state index in [1.165, 1.54) is 17.8 Å². The molecule has 0 amide bonds. The van der Waals surface area contributed by atoms with Gasteiger partial charge in [0, 0.05) is 29.9 Å². The minimum Gasteiger partial charge on any atom is -0.368 e. The van der Waals surface area contributed by atoms with Gasteiger partial charge in [-0.3, -0.25) is 14.9 Å². The molecule has 208 valence electrons. The van der Waals surface area contributed by atoms with Crippen LogP contribution in [0.25, 0.3) is 11.1 Å². The average molecular weight is 547 g/mol. The van der Waals surface area contributed by atoms with Crippen LogP contribution in [0.3, 0.4) is 0 Å². The summed E-state index contributed by atoms with van der Waals surface area (Å²) in [6.07, 6.45) is 0.898. The van der Waals surface area contributed by atoms with Crippen molar-refractivity contribution in [2.75, 3.05) is 4.90 Å². The van der Waals surface area contributed by atoms with Crippen LogP contribution in [0, 0.1) is 5.92 Å². The standard InChI is InChI=1S/C32H33F3N4O/c1-5-23-6-9-26(10-7-23)27-11-12-28(37-20-27)31(40)39(22(4)16-21(2)3)30-18-24(14-15-36-30)17-25-8-13-29(38-19-25)32(33,34)35/h6-15,18-21,31,40H,4-5,16-17H2,1-3H3. The van der Waals surface area contributed by atoms with Crippen molar-refractivity contribution < 1.29 is 18.3 Å². The van der Waals surface area contributed by atoms with Crippen molar-refractivity contribution in [3.05, 3.63) is 120 Å². The lowest BCUT2D eigenvalue weighted by Gasteiger charge is -2.31. The summed E-state index contributed by atoms with van der Waals surface area (Å²) in [7, 11) is 0. The summed E-state index contributed by atoms with van der Waals surface area (Å²) in [5, 5.41) is 11.5. The summed E-state index contributed by atoms with van der Waals surface area (Å²) >= 11 is 0. The molecule has 3 heterocycles. The lowest BCUT2D eigenvalue weighted by atomic mass is 10.0. The molecule has 4 rings (SSSR count). The lowest BCUT2D eigenvalue weighted by molar-refractivity contribution is -0.141. The van der Waals surface area contributed by atoms with Gasteiger partial charge in [-0.25, -0.2) is 4.98 Å². The molecule has 4 aromatic rings. The number of aliphatic hydroxyl groups excluding tert-OH is 1. The maximum atomic E-state index is 12.9. The third-order valence-corrected chi connectivity index (χ3v) is 6.56. The van der Waals surface area contributed by atoms with E-state index < -0.39 is 18.1 Å². The number of benzene rings is 1. The number of rotatable bonds is 10. The van der Waals surface area contributed by atoms with Crippen LogP contribution in [0.4, 0.5) is 19.0 Å². The quantitative estimate of drug-likeness (QED) is 0.206. The second kappa shape index (κ2) is 12.4. The number of alkyl halides is 3. The van der Waals surface area contributed by atoms with Crippen LogP contribution in [0.2, 0.25) is 0 Å². The number of halogens is 3. The molecule has 1 aromatic carbocycles. The Balaban J connectivity index is 1.60. The van der Waals surface area contributed by atoms with E-state index in [1.54, 1.807) is 35.5 Å². The zero-order chi connectivity index (χ0) is 28.9. The smallest absolute Gasteiger partial charge is 0.368 e. The van der Waals surface area contributed by atoms with Gasteiger partial charge in [-0.1, -0.05) is 63.7 Å². The van der Waals surface area contributed by atoms with Crippen LogP contribution in [-0.2, 0) is 19.0 Å². The van der Waals surface area contributed by atoms with E-state index in [0.29, 0.717) is 35.6 Å². The van der Waals surface area contributed by atoms with Crippen LogP contribution in [0.15, 0.2) is 91.5 Å². The van der Waals surface area contributed by atoms with Crippen LogP contribution < -0.4 is 4.90 Å². The van der Waals surface area contributed by atoms with Crippen molar-refractivity contribution in [2.45, 2.75) is 52.4 Å². The van der Waals surface area contributed by atoms with Crippen molar-refractivity contribution in [3.8, 4) is 11.1 Å². The molecule has 0 radical (unpaired) electrons. The zero-order valence-corrected chi connectivity index (χ0v) is 22.9. The molecule has 1 atom stereocenters. The molecule has 0 saturated heterocycles. The Labute approximate surface area is 233 Å². The topological polar surface area (TPSA) is 62.1 Å². The molecule has 1 unspecified atom stereocenters. The minimum atomic E-state index is -4.48. The van der Waals surface area contributed by atoms with Gasteiger partial charge in [0.05, 0.1) is 5.69 Å². The van der Waals surface area contributed by atoms with Crippen LogP contribution in [-0.4, -0.2) is 20.1 Å². The molecule has 0 aliphatic rings. The molecule has 40 heavy (non-hydrogen) atoms. The highest BCUT2D eigenvalue weighted by molar-refractivity contribution is 5.63. The summed E-state index contributed by atoms with van der Waals surface area (Å²) < 4.78 is 38.7. The molecule has 0 saturated carbocycles. The first-order valence-electron chi connectivity index (χ1n) is 13.2. The molecule has 5 nitrogen and oxygen atoms in total. The van der Waals surface area contributed by atoms with Gasteiger partial charge >= 0.3 is 6.18 Å². The van der Waals surface area contributed by atoms with E-state index in [0.717, 1.165) is 29.2 Å². The highest BCUT2D eigenvalue weighted by atomic mass is 19.4. The third-order valence-electron chi connectivity index (χ3n) is 6.56. The van der Waals surface area contributed by atoms with E-state index in [4.69, 9.17) is 0 Å². The number of nitrogens with zero attached hydrogens (tertiary/aromatic N) is 4. The molecule has 1 N–H and O–H groups in total. The Morgan fingerprint density at radius 2 is 1.57 bits per heavy atom. The number of allylic oxidation sites excluding steroid dienone is 1. The monoisotopic (exact) mass is 546 g/mol. The van der Waals surface area contributed by atoms with Crippen molar-refractivity contribution in [3.63, 3.8) is 0 Å². The summed E-state index contributed by atoms with van der Waals surface area (Å²) in [6, 6.07) is 18.0. The maximum Gasteiger partial charge on any atom is 0.433 e. The van der Waals surface area contributed by atoms with Gasteiger partial charge in [-0.05, 0) is 71.7 Å². The average Bonchev–Trinajstić information content (AvgIpc) is 2.93. The van der Waals surface area contributed by atoms with Crippen LogP contribution >= 0.6 is 0 Å². The number of hydrogen-bond donors (Lipinski definition) is 1. The molecule has 0 aliphatic heterocycles. The van der Waals surface area contributed by atoms with Gasteiger partial charge in [0.15, 0.2) is 6.23 Å². The van der Waals surface area contributed by atoms with Crippen molar-refractivity contribution in [1.29, 1.82) is 0 Å². The zero-order valence-electron chi connectivity index (χ0n) is 22.9. The Morgan fingerprint density at radius 3 is 2.15 bits per heavy atom. The Bertz CT molecular complexity index is 1420. The molecule has 3 aromatic heterocycles. The fraction of sp³-hybridized carbons (Fsp3) is 0.281. The third kappa shape index (κ3) is 7.12. The summed E-state index contributed by atoms with van der Waals surface area (Å²) in [4.78, 5) is 14.3. The van der Waals surface area contributed by atoms with Crippen molar-refractivity contribution >= 4 is 5.82 Å². The van der Waals surface area contributed by atoms with Gasteiger partial charge in [-0.15, -0.1) is 0 Å². The van der Waals surface area contributed by atoms with Crippen molar-refractivity contribution in [2.24, 2.45) is 5.92 Å². The number of anilines is 1. The van der Waals surface area contributed by atoms with E-state index in [2.05, 4.69) is 66.6 Å². The first kappa shape index (κ1) is 29.0. The number of aryl methyl sites for hydroxylation is 1. The number of aromatic nitrogens is 3. The number of hydrogen-bond acceptors (Lipinski definition) is 5. The second-order valence-electron chi connectivity index (χ2n) is 10.2. The van der Waals surface area contributed by atoms with E-state index >= 15 is 0 Å². The maximum absolute atomic E-state index is 12.9. The Hall–Kier alpha value is -4.04. The molecular weight excluding hydrogens is 513 g/mol. The largest absolute Gasteiger partial charge is 0.433 e.